The molecule has 5 rings (SSSR count). The number of pyridine rings is 1. The highest BCUT2D eigenvalue weighted by molar-refractivity contribution is 7.99. The molecule has 4 heterocycles. The lowest BCUT2D eigenvalue weighted by atomic mass is 10.2. The largest absolute Gasteiger partial charge is 0.451 e. The average Bonchev–Trinajstić information content (AvgIpc) is 3.15. The lowest BCUT2D eigenvalue weighted by Crippen LogP contribution is -2.35. The summed E-state index contributed by atoms with van der Waals surface area (Å²) < 4.78 is 33.0. The molecular formula is C20H18N4O3S2. The van der Waals surface area contributed by atoms with E-state index >= 15 is 0 Å². The SMILES string of the molecule is O=S(=O)(c1ccc(Sc2ncnc3c2oc2ccccc23)nc1)N1CCCCC1. The summed E-state index contributed by atoms with van der Waals surface area (Å²) in [6.45, 7) is 1.15. The fourth-order valence-electron chi connectivity index (χ4n) is 3.51. The van der Waals surface area contributed by atoms with Crippen molar-refractivity contribution in [1.82, 2.24) is 19.3 Å². The molecule has 1 aromatic carbocycles. The van der Waals surface area contributed by atoms with Crippen molar-refractivity contribution in [2.24, 2.45) is 0 Å². The van der Waals surface area contributed by atoms with Gasteiger partial charge in [-0.25, -0.2) is 23.4 Å². The maximum Gasteiger partial charge on any atom is 0.244 e. The molecule has 0 saturated carbocycles. The standard InChI is InChI=1S/C20H18N4O3S2/c25-29(26,24-10-4-1-5-11-24)14-8-9-17(21-12-14)28-20-19-18(22-13-23-20)15-6-2-3-7-16(15)27-19/h2-3,6-9,12-13H,1,4-5,10-11H2. The molecule has 1 saturated heterocycles. The second kappa shape index (κ2) is 7.40. The number of nitrogens with zero attached hydrogens (tertiary/aromatic N) is 4. The van der Waals surface area contributed by atoms with Gasteiger partial charge in [0.1, 0.15) is 32.4 Å². The molecule has 0 aliphatic carbocycles. The number of fused-ring (bicyclic) bond motifs is 3. The number of sulfonamides is 1. The van der Waals surface area contributed by atoms with Gasteiger partial charge in [0.2, 0.25) is 10.0 Å². The second-order valence-corrected chi connectivity index (χ2v) is 9.80. The maximum absolute atomic E-state index is 12.8. The maximum atomic E-state index is 12.8. The van der Waals surface area contributed by atoms with Crippen LogP contribution >= 0.6 is 11.8 Å². The summed E-state index contributed by atoms with van der Waals surface area (Å²) in [5.74, 6) is 0. The quantitative estimate of drug-likeness (QED) is 0.454. The van der Waals surface area contributed by atoms with Crippen LogP contribution in [-0.2, 0) is 10.0 Å². The van der Waals surface area contributed by atoms with Crippen molar-refractivity contribution in [3.8, 4) is 0 Å². The van der Waals surface area contributed by atoms with Crippen molar-refractivity contribution >= 4 is 43.9 Å². The first kappa shape index (κ1) is 18.5. The molecule has 1 aliphatic heterocycles. The first-order valence-corrected chi connectivity index (χ1v) is 11.6. The molecule has 7 nitrogen and oxygen atoms in total. The predicted octanol–water partition coefficient (Wildman–Crippen LogP) is 4.10. The molecular weight excluding hydrogens is 408 g/mol. The van der Waals surface area contributed by atoms with Gasteiger partial charge in [0.05, 0.1) is 0 Å². The van der Waals surface area contributed by atoms with Crippen LogP contribution in [0, 0.1) is 0 Å². The monoisotopic (exact) mass is 426 g/mol. The highest BCUT2D eigenvalue weighted by atomic mass is 32.2. The van der Waals surface area contributed by atoms with Gasteiger partial charge in [0.15, 0.2) is 5.58 Å². The Morgan fingerprint density at radius 3 is 2.59 bits per heavy atom. The molecule has 9 heteroatoms. The molecule has 0 unspecified atom stereocenters. The van der Waals surface area contributed by atoms with E-state index in [1.54, 1.807) is 16.4 Å². The Bertz CT molecular complexity index is 1280. The molecule has 0 spiro atoms. The minimum atomic E-state index is -3.49. The summed E-state index contributed by atoms with van der Waals surface area (Å²) in [4.78, 5) is 13.3. The van der Waals surface area contributed by atoms with E-state index in [-0.39, 0.29) is 4.90 Å². The van der Waals surface area contributed by atoms with Gasteiger partial charge in [-0.3, -0.25) is 0 Å². The second-order valence-electron chi connectivity index (χ2n) is 6.85. The third-order valence-electron chi connectivity index (χ3n) is 4.99. The normalized spacial score (nSPS) is 15.9. The Morgan fingerprint density at radius 1 is 0.966 bits per heavy atom. The van der Waals surface area contributed by atoms with Crippen LogP contribution in [0.2, 0.25) is 0 Å². The van der Waals surface area contributed by atoms with E-state index in [0.29, 0.717) is 28.7 Å². The average molecular weight is 427 g/mol. The van der Waals surface area contributed by atoms with Crippen LogP contribution in [0.5, 0.6) is 0 Å². The van der Waals surface area contributed by atoms with Gasteiger partial charge < -0.3 is 4.42 Å². The number of piperidine rings is 1. The number of para-hydroxylation sites is 1. The van der Waals surface area contributed by atoms with Crippen molar-refractivity contribution in [2.75, 3.05) is 13.1 Å². The number of hydrogen-bond donors (Lipinski definition) is 0. The molecule has 0 atom stereocenters. The summed E-state index contributed by atoms with van der Waals surface area (Å²) in [5, 5.41) is 2.22. The first-order chi connectivity index (χ1) is 14.1. The third-order valence-corrected chi connectivity index (χ3v) is 7.81. The van der Waals surface area contributed by atoms with E-state index in [1.165, 1.54) is 24.3 Å². The number of benzene rings is 1. The molecule has 1 fully saturated rings. The Kier molecular flexibility index (Phi) is 4.73. The molecule has 0 N–H and O–H groups in total. The van der Waals surface area contributed by atoms with Gasteiger partial charge >= 0.3 is 0 Å². The Hall–Kier alpha value is -2.49. The van der Waals surface area contributed by atoms with Crippen LogP contribution in [0.15, 0.2) is 68.3 Å². The molecule has 4 aromatic rings. The van der Waals surface area contributed by atoms with Gasteiger partial charge in [0, 0.05) is 24.7 Å². The third kappa shape index (κ3) is 3.39. The predicted molar refractivity (Wildman–Crippen MR) is 110 cm³/mol. The first-order valence-electron chi connectivity index (χ1n) is 9.39. The number of hydrogen-bond acceptors (Lipinski definition) is 7. The molecule has 3 aromatic heterocycles. The smallest absolute Gasteiger partial charge is 0.244 e. The number of rotatable bonds is 4. The van der Waals surface area contributed by atoms with Crippen LogP contribution in [0.4, 0.5) is 0 Å². The van der Waals surface area contributed by atoms with Gasteiger partial charge in [-0.05, 0) is 48.9 Å². The zero-order valence-electron chi connectivity index (χ0n) is 15.5. The van der Waals surface area contributed by atoms with Crippen molar-refractivity contribution in [3.05, 3.63) is 48.9 Å². The molecule has 0 bridgehead atoms. The van der Waals surface area contributed by atoms with Crippen molar-refractivity contribution in [3.63, 3.8) is 0 Å². The van der Waals surface area contributed by atoms with Crippen LogP contribution < -0.4 is 0 Å². The fraction of sp³-hybridized carbons (Fsp3) is 0.250. The molecule has 1 aliphatic rings. The summed E-state index contributed by atoms with van der Waals surface area (Å²) in [7, 11) is -3.49. The van der Waals surface area contributed by atoms with Crippen LogP contribution in [0.1, 0.15) is 19.3 Å². The minimum Gasteiger partial charge on any atom is -0.451 e. The number of aromatic nitrogens is 3. The van der Waals surface area contributed by atoms with Gasteiger partial charge in [-0.15, -0.1) is 0 Å². The Labute approximate surface area is 172 Å². The lowest BCUT2D eigenvalue weighted by molar-refractivity contribution is 0.346. The molecule has 148 valence electrons. The zero-order chi connectivity index (χ0) is 19.8. The van der Waals surface area contributed by atoms with E-state index < -0.39 is 10.0 Å². The minimum absolute atomic E-state index is 0.223. The van der Waals surface area contributed by atoms with Crippen LogP contribution in [0.25, 0.3) is 22.1 Å². The summed E-state index contributed by atoms with van der Waals surface area (Å²) in [6.07, 6.45) is 5.81. The van der Waals surface area contributed by atoms with Gasteiger partial charge in [-0.1, -0.05) is 18.6 Å². The van der Waals surface area contributed by atoms with Gasteiger partial charge in [0.25, 0.3) is 0 Å². The van der Waals surface area contributed by atoms with E-state index in [1.807, 2.05) is 24.3 Å². The Balaban J connectivity index is 1.44. The lowest BCUT2D eigenvalue weighted by Gasteiger charge is -2.25. The highest BCUT2D eigenvalue weighted by Gasteiger charge is 2.26. The summed E-state index contributed by atoms with van der Waals surface area (Å²) >= 11 is 1.32. The molecule has 0 amide bonds. The molecule has 29 heavy (non-hydrogen) atoms. The van der Waals surface area contributed by atoms with E-state index in [9.17, 15) is 8.42 Å². The van der Waals surface area contributed by atoms with Crippen molar-refractivity contribution in [2.45, 2.75) is 34.2 Å². The Morgan fingerprint density at radius 2 is 1.79 bits per heavy atom. The van der Waals surface area contributed by atoms with E-state index in [0.717, 1.165) is 35.7 Å². The fourth-order valence-corrected chi connectivity index (χ4v) is 5.74. The summed E-state index contributed by atoms with van der Waals surface area (Å²) in [6, 6.07) is 11.0. The summed E-state index contributed by atoms with van der Waals surface area (Å²) in [5.41, 5.74) is 2.11. The van der Waals surface area contributed by atoms with E-state index in [4.69, 9.17) is 4.42 Å². The topological polar surface area (TPSA) is 89.2 Å². The van der Waals surface area contributed by atoms with Gasteiger partial charge in [-0.2, -0.15) is 4.31 Å². The molecule has 0 radical (unpaired) electrons. The van der Waals surface area contributed by atoms with Crippen molar-refractivity contribution < 1.29 is 12.8 Å². The van der Waals surface area contributed by atoms with Crippen LogP contribution in [0.3, 0.4) is 0 Å². The zero-order valence-corrected chi connectivity index (χ0v) is 17.1. The highest BCUT2D eigenvalue weighted by Crippen LogP contribution is 2.35. The van der Waals surface area contributed by atoms with Crippen molar-refractivity contribution in [1.29, 1.82) is 0 Å². The van der Waals surface area contributed by atoms with E-state index in [2.05, 4.69) is 15.0 Å². The van der Waals surface area contributed by atoms with Crippen LogP contribution in [-0.4, -0.2) is 40.8 Å². The number of furan rings is 1.